The molecule has 0 radical (unpaired) electrons. The van der Waals surface area contributed by atoms with Gasteiger partial charge in [-0.05, 0) is 44.5 Å². The van der Waals surface area contributed by atoms with Gasteiger partial charge in [-0.15, -0.1) is 0 Å². The van der Waals surface area contributed by atoms with Crippen molar-refractivity contribution in [3.63, 3.8) is 0 Å². The smallest absolute Gasteiger partial charge is 0.255 e. The van der Waals surface area contributed by atoms with Crippen LogP contribution in [0.4, 0.5) is 0 Å². The molecular weight excluding hydrogens is 232 g/mol. The van der Waals surface area contributed by atoms with Crippen molar-refractivity contribution in [1.29, 1.82) is 0 Å². The lowest BCUT2D eigenvalue weighted by Gasteiger charge is -2.14. The molecule has 0 aliphatic rings. The molecule has 1 amide bonds. The maximum absolute atomic E-state index is 11.9. The minimum absolute atomic E-state index is 0.0200. The van der Waals surface area contributed by atoms with Gasteiger partial charge in [0, 0.05) is 6.04 Å². The van der Waals surface area contributed by atoms with E-state index in [1.54, 1.807) is 6.07 Å². The van der Waals surface area contributed by atoms with Gasteiger partial charge in [0.15, 0.2) is 0 Å². The number of benzene rings is 1. The molecule has 100 valence electrons. The second kappa shape index (κ2) is 6.86. The van der Waals surface area contributed by atoms with Gasteiger partial charge in [0.1, 0.15) is 11.5 Å². The molecule has 0 aromatic heterocycles. The van der Waals surface area contributed by atoms with Crippen LogP contribution in [-0.4, -0.2) is 30.7 Å². The van der Waals surface area contributed by atoms with E-state index in [0.29, 0.717) is 12.3 Å². The van der Waals surface area contributed by atoms with Crippen molar-refractivity contribution in [3.8, 4) is 11.5 Å². The highest BCUT2D eigenvalue weighted by molar-refractivity contribution is 5.97. The third-order valence-corrected chi connectivity index (χ3v) is 2.67. The molecule has 4 N–H and O–H groups in total. The number of ether oxygens (including phenoxy) is 1. The molecule has 0 saturated carbocycles. The molecular formula is C13H20N2O3. The number of rotatable bonds is 6. The fraction of sp³-hybridized carbons (Fsp3) is 0.462. The van der Waals surface area contributed by atoms with Gasteiger partial charge >= 0.3 is 0 Å². The second-order valence-electron chi connectivity index (χ2n) is 4.19. The fourth-order valence-electron chi connectivity index (χ4n) is 1.62. The molecule has 18 heavy (non-hydrogen) atoms. The van der Waals surface area contributed by atoms with E-state index in [1.165, 1.54) is 19.2 Å². The van der Waals surface area contributed by atoms with E-state index < -0.39 is 0 Å². The Morgan fingerprint density at radius 3 is 2.89 bits per heavy atom. The van der Waals surface area contributed by atoms with Crippen LogP contribution in [-0.2, 0) is 0 Å². The Balaban J connectivity index is 2.71. The summed E-state index contributed by atoms with van der Waals surface area (Å²) in [5, 5.41) is 12.5. The van der Waals surface area contributed by atoms with E-state index in [1.807, 2.05) is 6.92 Å². The van der Waals surface area contributed by atoms with Gasteiger partial charge in [0.2, 0.25) is 0 Å². The summed E-state index contributed by atoms with van der Waals surface area (Å²) in [5.41, 5.74) is 5.63. The first-order valence-corrected chi connectivity index (χ1v) is 5.96. The molecule has 0 saturated heterocycles. The van der Waals surface area contributed by atoms with Gasteiger partial charge in [-0.2, -0.15) is 0 Å². The SMILES string of the molecule is COc1ccc(O)c(C(=O)NC(C)CCCN)c1. The lowest BCUT2D eigenvalue weighted by atomic mass is 10.1. The first kappa shape index (κ1) is 14.3. The van der Waals surface area contributed by atoms with Crippen LogP contribution in [0.25, 0.3) is 0 Å². The Hall–Kier alpha value is -1.75. The van der Waals surface area contributed by atoms with Crippen molar-refractivity contribution in [2.45, 2.75) is 25.8 Å². The van der Waals surface area contributed by atoms with Gasteiger partial charge < -0.3 is 20.9 Å². The Morgan fingerprint density at radius 1 is 1.56 bits per heavy atom. The standard InChI is InChI=1S/C13H20N2O3/c1-9(4-3-7-14)15-13(17)11-8-10(18-2)5-6-12(11)16/h5-6,8-9,16H,3-4,7,14H2,1-2H3,(H,15,17). The van der Waals surface area contributed by atoms with E-state index >= 15 is 0 Å². The van der Waals surface area contributed by atoms with Crippen LogP contribution in [0.1, 0.15) is 30.1 Å². The monoisotopic (exact) mass is 252 g/mol. The molecule has 0 bridgehead atoms. The predicted molar refractivity (Wildman–Crippen MR) is 69.9 cm³/mol. The number of nitrogens with one attached hydrogen (secondary N) is 1. The Morgan fingerprint density at radius 2 is 2.28 bits per heavy atom. The molecule has 0 heterocycles. The van der Waals surface area contributed by atoms with Crippen molar-refractivity contribution < 1.29 is 14.6 Å². The summed E-state index contributed by atoms with van der Waals surface area (Å²) in [6, 6.07) is 4.58. The summed E-state index contributed by atoms with van der Waals surface area (Å²) >= 11 is 0. The topological polar surface area (TPSA) is 84.6 Å². The van der Waals surface area contributed by atoms with Crippen LogP contribution >= 0.6 is 0 Å². The zero-order chi connectivity index (χ0) is 13.5. The summed E-state index contributed by atoms with van der Waals surface area (Å²) in [5.74, 6) is 0.169. The van der Waals surface area contributed by atoms with Gasteiger partial charge in [0.05, 0.1) is 12.7 Å². The first-order chi connectivity index (χ1) is 8.58. The summed E-state index contributed by atoms with van der Waals surface area (Å²) in [6.07, 6.45) is 1.67. The normalized spacial score (nSPS) is 11.9. The highest BCUT2D eigenvalue weighted by atomic mass is 16.5. The molecule has 1 rings (SSSR count). The van der Waals surface area contributed by atoms with Crippen LogP contribution in [0.3, 0.4) is 0 Å². The quantitative estimate of drug-likeness (QED) is 0.711. The summed E-state index contributed by atoms with van der Waals surface area (Å²) in [6.45, 7) is 2.51. The van der Waals surface area contributed by atoms with Crippen LogP contribution < -0.4 is 15.8 Å². The number of phenolic OH excluding ortho intramolecular Hbond substituents is 1. The number of nitrogens with two attached hydrogens (primary N) is 1. The zero-order valence-corrected chi connectivity index (χ0v) is 10.8. The number of carbonyl (C=O) groups is 1. The minimum atomic E-state index is -0.309. The maximum Gasteiger partial charge on any atom is 0.255 e. The van der Waals surface area contributed by atoms with Crippen molar-refractivity contribution in [1.82, 2.24) is 5.32 Å². The van der Waals surface area contributed by atoms with E-state index in [-0.39, 0.29) is 23.3 Å². The van der Waals surface area contributed by atoms with E-state index in [9.17, 15) is 9.90 Å². The Bertz CT molecular complexity index is 407. The summed E-state index contributed by atoms with van der Waals surface area (Å²) in [7, 11) is 1.51. The predicted octanol–water partition coefficient (Wildman–Crippen LogP) is 1.26. The lowest BCUT2D eigenvalue weighted by molar-refractivity contribution is 0.0935. The average Bonchev–Trinajstić information content (AvgIpc) is 2.36. The van der Waals surface area contributed by atoms with Crippen LogP contribution in [0.2, 0.25) is 0 Å². The number of aromatic hydroxyl groups is 1. The van der Waals surface area contributed by atoms with Gasteiger partial charge in [-0.1, -0.05) is 0 Å². The van der Waals surface area contributed by atoms with E-state index in [0.717, 1.165) is 12.8 Å². The molecule has 1 unspecified atom stereocenters. The molecule has 0 spiro atoms. The average molecular weight is 252 g/mol. The first-order valence-electron chi connectivity index (χ1n) is 5.96. The third kappa shape index (κ3) is 3.92. The van der Waals surface area contributed by atoms with Crippen LogP contribution in [0, 0.1) is 0 Å². The molecule has 5 nitrogen and oxygen atoms in total. The number of amides is 1. The van der Waals surface area contributed by atoms with Crippen LogP contribution in [0.15, 0.2) is 18.2 Å². The van der Waals surface area contributed by atoms with Gasteiger partial charge in [-0.3, -0.25) is 4.79 Å². The van der Waals surface area contributed by atoms with Crippen molar-refractivity contribution in [2.24, 2.45) is 5.73 Å². The molecule has 0 aliphatic carbocycles. The molecule has 0 aliphatic heterocycles. The highest BCUT2D eigenvalue weighted by Crippen LogP contribution is 2.22. The van der Waals surface area contributed by atoms with Crippen molar-refractivity contribution in [2.75, 3.05) is 13.7 Å². The highest BCUT2D eigenvalue weighted by Gasteiger charge is 2.14. The number of hydrogen-bond acceptors (Lipinski definition) is 4. The minimum Gasteiger partial charge on any atom is -0.507 e. The Kier molecular flexibility index (Phi) is 5.45. The lowest BCUT2D eigenvalue weighted by Crippen LogP contribution is -2.32. The number of methoxy groups -OCH3 is 1. The third-order valence-electron chi connectivity index (χ3n) is 2.67. The number of hydrogen-bond donors (Lipinski definition) is 3. The molecule has 5 heteroatoms. The second-order valence-corrected chi connectivity index (χ2v) is 4.19. The number of carbonyl (C=O) groups excluding carboxylic acids is 1. The molecule has 1 aromatic rings. The number of phenols is 1. The molecule has 1 atom stereocenters. The van der Waals surface area contributed by atoms with Gasteiger partial charge in [-0.25, -0.2) is 0 Å². The largest absolute Gasteiger partial charge is 0.507 e. The Labute approximate surface area is 107 Å². The summed E-state index contributed by atoms with van der Waals surface area (Å²) in [4.78, 5) is 11.9. The molecule has 1 aromatic carbocycles. The zero-order valence-electron chi connectivity index (χ0n) is 10.8. The van der Waals surface area contributed by atoms with Crippen molar-refractivity contribution in [3.05, 3.63) is 23.8 Å². The summed E-state index contributed by atoms with van der Waals surface area (Å²) < 4.78 is 5.02. The fourth-order valence-corrected chi connectivity index (χ4v) is 1.62. The molecule has 0 fully saturated rings. The van der Waals surface area contributed by atoms with Crippen molar-refractivity contribution >= 4 is 5.91 Å². The van der Waals surface area contributed by atoms with Crippen LogP contribution in [0.5, 0.6) is 11.5 Å². The van der Waals surface area contributed by atoms with E-state index in [2.05, 4.69) is 5.32 Å². The maximum atomic E-state index is 11.9. The van der Waals surface area contributed by atoms with E-state index in [4.69, 9.17) is 10.5 Å². The van der Waals surface area contributed by atoms with Gasteiger partial charge in [0.25, 0.3) is 5.91 Å².